The zero-order chi connectivity index (χ0) is 0. The van der Waals surface area contributed by atoms with Gasteiger partial charge in [-0.15, -0.1) is 0 Å². The molecule has 0 amide bonds. The van der Waals surface area contributed by atoms with E-state index in [1.165, 1.54) is 0 Å². The van der Waals surface area contributed by atoms with Gasteiger partial charge in [-0.25, -0.2) is 0 Å². The first kappa shape index (κ1) is 399. The Labute approximate surface area is 103 Å². The second-order valence-electron chi connectivity index (χ2n) is 0. The van der Waals surface area contributed by atoms with Crippen molar-refractivity contribution in [2.75, 3.05) is 0 Å². The van der Waals surface area contributed by atoms with Gasteiger partial charge in [-0.05, 0) is 0 Å². The largest absolute Gasteiger partial charge is 6.00 e. The molecule has 0 N–H and O–H groups in total. The van der Waals surface area contributed by atoms with Gasteiger partial charge in [0.15, 0.2) is 0 Å². The Morgan fingerprint density at radius 3 is 0.400 bits per heavy atom. The molecular weight excluding hydrogens is 468 g/mol. The maximum Gasteiger partial charge on any atom is 6.00 e. The first-order valence-electron chi connectivity index (χ1n) is 0. The van der Waals surface area contributed by atoms with Crippen LogP contribution >= 0.6 is 0 Å². The van der Waals surface area contributed by atoms with Crippen LogP contribution in [0.25, 0.3) is 0 Å². The monoisotopic (exact) mass is 470 g/mol. The molecule has 7 nitrogen and oxygen atoms in total. The minimum atomic E-state index is 0. The van der Waals surface area contributed by atoms with Crippen LogP contribution < -0.4 is 0 Å². The Balaban J connectivity index is 0. The van der Waals surface area contributed by atoms with Crippen LogP contribution in [0.1, 0.15) is 0 Å². The van der Waals surface area contributed by atoms with E-state index in [9.17, 15) is 0 Å². The van der Waals surface area contributed by atoms with Crippen LogP contribution in [-0.2, 0) is 78.0 Å². The molecule has 0 saturated heterocycles. The molecule has 0 aliphatic carbocycles. The third-order valence-electron chi connectivity index (χ3n) is 0. The molecule has 2 radical (unpaired) electrons. The predicted octanol–water partition coefficient (Wildman–Crippen LogP) is -1.22. The first-order chi connectivity index (χ1) is 0. The van der Waals surface area contributed by atoms with Crippen molar-refractivity contribution >= 4 is 26.2 Å². The molecule has 0 rings (SSSR count). The van der Waals surface area contributed by atoms with E-state index in [-0.39, 0.29) is 104 Å². The van der Waals surface area contributed by atoms with E-state index >= 15 is 0 Å². The van der Waals surface area contributed by atoms with Crippen molar-refractivity contribution in [3.8, 4) is 0 Å². The molecule has 0 aliphatic rings. The summed E-state index contributed by atoms with van der Waals surface area (Å²) < 4.78 is 0. The van der Waals surface area contributed by atoms with E-state index in [1.807, 2.05) is 0 Å². The van der Waals surface area contributed by atoms with E-state index < -0.39 is 0 Å². The van der Waals surface area contributed by atoms with E-state index in [1.54, 1.807) is 0 Å². The Bertz CT molecular complexity index is 13.6. The van der Waals surface area contributed by atoms with Gasteiger partial charge in [0.1, 0.15) is 0 Å². The van der Waals surface area contributed by atoms with Crippen LogP contribution in [0.15, 0.2) is 0 Å². The molecule has 0 unspecified atom stereocenters. The molecule has 0 aliphatic heterocycles. The van der Waals surface area contributed by atoms with Crippen LogP contribution in [0.5, 0.6) is 0 Å². The molecule has 10 heavy (non-hydrogen) atoms. The third kappa shape index (κ3) is 221. The fourth-order valence-electron chi connectivity index (χ4n) is 0. The van der Waals surface area contributed by atoms with Crippen LogP contribution in [0.4, 0.5) is 0 Å². The summed E-state index contributed by atoms with van der Waals surface area (Å²) in [5.74, 6) is 0. The second kappa shape index (κ2) is 301. The summed E-state index contributed by atoms with van der Waals surface area (Å²) in [7, 11) is 0. The SMILES string of the molecule is [Bi+3].[Mo+6].[O-2].[O-2].[O-2].[O-2].[O-2].[O-2].[O-2].[V+5]. The van der Waals surface area contributed by atoms with Crippen molar-refractivity contribution in [2.45, 2.75) is 0 Å². The van der Waals surface area contributed by atoms with Gasteiger partial charge >= 0.3 is 65.8 Å². The van der Waals surface area contributed by atoms with E-state index in [2.05, 4.69) is 0 Å². The van der Waals surface area contributed by atoms with Crippen molar-refractivity contribution in [3.63, 3.8) is 0 Å². The summed E-state index contributed by atoms with van der Waals surface area (Å²) >= 11 is 0. The van der Waals surface area contributed by atoms with Gasteiger partial charge in [0.25, 0.3) is 0 Å². The smallest absolute Gasteiger partial charge is 2.00 e. The molecule has 0 heterocycles. The van der Waals surface area contributed by atoms with Gasteiger partial charge in [0, 0.05) is 0 Å². The topological polar surface area (TPSA) is 200 Å². The van der Waals surface area contributed by atoms with Crippen molar-refractivity contribution < 1.29 is 78.0 Å². The Kier molecular flexibility index (Phi) is 12000. The maximum absolute atomic E-state index is 0. The van der Waals surface area contributed by atoms with Gasteiger partial charge in [-0.3, -0.25) is 0 Å². The number of hydrogen-bond acceptors (Lipinski definition) is 0. The normalized spacial score (nSPS) is 0. The van der Waals surface area contributed by atoms with Crippen LogP contribution in [-0.4, -0.2) is 26.2 Å². The summed E-state index contributed by atoms with van der Waals surface area (Å²) in [5.41, 5.74) is 0. The zero-order valence-corrected chi connectivity index (χ0v) is 11.0. The zero-order valence-electron chi connectivity index (χ0n) is 4.16. The molecule has 0 aromatic heterocycles. The molecule has 0 fully saturated rings. The summed E-state index contributed by atoms with van der Waals surface area (Å²) in [6.07, 6.45) is 0. The average molecular weight is 468 g/mol. The molecular formula is BiMoO7V. The average Bonchev–Trinajstić information content (AvgIpc) is 0. The molecule has 58 valence electrons. The molecule has 0 atom stereocenters. The Hall–Kier alpha value is 1.88. The first-order valence-corrected chi connectivity index (χ1v) is 0. The summed E-state index contributed by atoms with van der Waals surface area (Å²) in [5, 5.41) is 0. The Morgan fingerprint density at radius 1 is 0.400 bits per heavy atom. The number of rotatable bonds is 0. The van der Waals surface area contributed by atoms with E-state index in [0.29, 0.717) is 0 Å². The quantitative estimate of drug-likeness (QED) is 0.385. The minimum Gasteiger partial charge on any atom is -2.00 e. The van der Waals surface area contributed by atoms with Crippen molar-refractivity contribution in [2.24, 2.45) is 0 Å². The van der Waals surface area contributed by atoms with Crippen molar-refractivity contribution in [1.82, 2.24) is 0 Å². The summed E-state index contributed by atoms with van der Waals surface area (Å²) in [4.78, 5) is 0. The maximum atomic E-state index is 0. The van der Waals surface area contributed by atoms with Crippen LogP contribution in [0.2, 0.25) is 0 Å². The van der Waals surface area contributed by atoms with Crippen LogP contribution in [0.3, 0.4) is 0 Å². The second-order valence-corrected chi connectivity index (χ2v) is 0. The van der Waals surface area contributed by atoms with Crippen molar-refractivity contribution in [3.05, 3.63) is 0 Å². The van der Waals surface area contributed by atoms with Crippen LogP contribution in [0, 0.1) is 0 Å². The summed E-state index contributed by atoms with van der Waals surface area (Å²) in [6.45, 7) is 0. The predicted molar refractivity (Wildman–Crippen MR) is 10.6 cm³/mol. The molecule has 0 aromatic rings. The number of hydrogen-bond donors (Lipinski definition) is 0. The van der Waals surface area contributed by atoms with Gasteiger partial charge in [-0.1, -0.05) is 0 Å². The molecule has 0 spiro atoms. The fourth-order valence-corrected chi connectivity index (χ4v) is 0. The fraction of sp³-hybridized carbons (Fsp3) is 0. The molecule has 0 aromatic carbocycles. The van der Waals surface area contributed by atoms with Crippen molar-refractivity contribution in [1.29, 1.82) is 0 Å². The molecule has 0 saturated carbocycles. The molecule has 0 bridgehead atoms. The molecule has 10 heteroatoms. The summed E-state index contributed by atoms with van der Waals surface area (Å²) in [6, 6.07) is 0. The third-order valence-corrected chi connectivity index (χ3v) is 0. The minimum absolute atomic E-state index is 0. The van der Waals surface area contributed by atoms with Gasteiger partial charge < -0.3 is 38.3 Å². The van der Waals surface area contributed by atoms with Gasteiger partial charge in [0.2, 0.25) is 0 Å². The van der Waals surface area contributed by atoms with Gasteiger partial charge in [-0.2, -0.15) is 0 Å². The van der Waals surface area contributed by atoms with E-state index in [0.717, 1.165) is 0 Å². The van der Waals surface area contributed by atoms with E-state index in [4.69, 9.17) is 0 Å². The van der Waals surface area contributed by atoms with Gasteiger partial charge in [0.05, 0.1) is 0 Å². The Morgan fingerprint density at radius 2 is 0.400 bits per heavy atom. The standard InChI is InChI=1S/Bi.Mo.7O.V/q+3;+6;7*-2;+5.